The number of carbonyl (C=O) groups is 1. The van der Waals surface area contributed by atoms with Crippen molar-refractivity contribution in [1.29, 1.82) is 0 Å². The molecule has 0 saturated heterocycles. The third-order valence-electron chi connectivity index (χ3n) is 5.09. The van der Waals surface area contributed by atoms with Crippen LogP contribution in [0.4, 0.5) is 0 Å². The Morgan fingerprint density at radius 1 is 1.06 bits per heavy atom. The summed E-state index contributed by atoms with van der Waals surface area (Å²) in [5.74, 6) is 0.574. The minimum atomic E-state index is -0.179. The first-order valence-corrected chi connectivity index (χ1v) is 10.1. The van der Waals surface area contributed by atoms with E-state index in [2.05, 4.69) is 10.3 Å². The van der Waals surface area contributed by atoms with Crippen LogP contribution in [0, 0.1) is 0 Å². The van der Waals surface area contributed by atoms with E-state index >= 15 is 0 Å². The minimum Gasteiger partial charge on any atom is -0.497 e. The molecule has 0 saturated carbocycles. The van der Waals surface area contributed by atoms with Crippen molar-refractivity contribution < 1.29 is 9.53 Å². The van der Waals surface area contributed by atoms with Crippen LogP contribution < -0.4 is 10.1 Å². The molecule has 4 rings (SSSR count). The van der Waals surface area contributed by atoms with Gasteiger partial charge in [0.05, 0.1) is 25.3 Å². The van der Waals surface area contributed by atoms with Crippen molar-refractivity contribution in [3.63, 3.8) is 0 Å². The standard InChI is InChI=1S/C25H24N4O2/c1-18(21-9-6-14-26-15-21)27-25(30)23-17-29(16-19-7-4-3-5-8-19)28-24(23)20-10-12-22(31-2)13-11-20/h3-15,17-18H,16H2,1-2H3,(H,27,30). The zero-order chi connectivity index (χ0) is 21.6. The Bertz CT molecular complexity index is 1140. The Balaban J connectivity index is 1.65. The molecule has 0 bridgehead atoms. The second-order valence-electron chi connectivity index (χ2n) is 7.28. The van der Waals surface area contributed by atoms with Gasteiger partial charge in [-0.3, -0.25) is 14.5 Å². The SMILES string of the molecule is COc1ccc(-c2nn(Cc3ccccc3)cc2C(=O)NC(C)c2cccnc2)cc1. The van der Waals surface area contributed by atoms with E-state index in [1.165, 1.54) is 0 Å². The first-order valence-electron chi connectivity index (χ1n) is 10.1. The fourth-order valence-corrected chi connectivity index (χ4v) is 3.39. The summed E-state index contributed by atoms with van der Waals surface area (Å²) in [7, 11) is 1.63. The summed E-state index contributed by atoms with van der Waals surface area (Å²) in [4.78, 5) is 17.3. The molecule has 6 nitrogen and oxygen atoms in total. The molecule has 0 aliphatic heterocycles. The number of ether oxygens (including phenoxy) is 1. The average Bonchev–Trinajstić information content (AvgIpc) is 3.24. The normalized spacial score (nSPS) is 11.7. The summed E-state index contributed by atoms with van der Waals surface area (Å²) in [6.07, 6.45) is 5.28. The molecule has 0 spiro atoms. The lowest BCUT2D eigenvalue weighted by molar-refractivity contribution is 0.0940. The number of pyridine rings is 1. The van der Waals surface area contributed by atoms with Crippen LogP contribution in [-0.4, -0.2) is 27.8 Å². The van der Waals surface area contributed by atoms with E-state index in [9.17, 15) is 4.79 Å². The summed E-state index contributed by atoms with van der Waals surface area (Å²) < 4.78 is 7.06. The zero-order valence-electron chi connectivity index (χ0n) is 17.5. The zero-order valence-corrected chi connectivity index (χ0v) is 17.5. The van der Waals surface area contributed by atoms with Crippen molar-refractivity contribution in [2.75, 3.05) is 7.11 Å². The highest BCUT2D eigenvalue weighted by Crippen LogP contribution is 2.25. The van der Waals surface area contributed by atoms with Crippen molar-refractivity contribution in [3.8, 4) is 17.0 Å². The van der Waals surface area contributed by atoms with Crippen molar-refractivity contribution in [2.24, 2.45) is 0 Å². The third-order valence-corrected chi connectivity index (χ3v) is 5.09. The monoisotopic (exact) mass is 412 g/mol. The van der Waals surface area contributed by atoms with Crippen LogP contribution in [0.2, 0.25) is 0 Å². The van der Waals surface area contributed by atoms with E-state index in [4.69, 9.17) is 9.84 Å². The van der Waals surface area contributed by atoms with Crippen molar-refractivity contribution in [1.82, 2.24) is 20.1 Å². The van der Waals surface area contributed by atoms with Crippen LogP contribution in [0.1, 0.15) is 34.5 Å². The molecule has 2 aromatic carbocycles. The highest BCUT2D eigenvalue weighted by Gasteiger charge is 2.20. The average molecular weight is 412 g/mol. The lowest BCUT2D eigenvalue weighted by atomic mass is 10.1. The maximum absolute atomic E-state index is 13.2. The van der Waals surface area contributed by atoms with Gasteiger partial charge >= 0.3 is 0 Å². The number of aromatic nitrogens is 3. The maximum Gasteiger partial charge on any atom is 0.255 e. The van der Waals surface area contributed by atoms with Gasteiger partial charge in [-0.15, -0.1) is 0 Å². The quantitative estimate of drug-likeness (QED) is 0.485. The van der Waals surface area contributed by atoms with Gasteiger partial charge in [-0.05, 0) is 48.4 Å². The Labute approximate surface area is 181 Å². The van der Waals surface area contributed by atoms with E-state index in [0.29, 0.717) is 17.8 Å². The van der Waals surface area contributed by atoms with Gasteiger partial charge in [0.15, 0.2) is 0 Å². The number of rotatable bonds is 7. The smallest absolute Gasteiger partial charge is 0.255 e. The molecule has 0 fully saturated rings. The second kappa shape index (κ2) is 9.26. The number of amides is 1. The van der Waals surface area contributed by atoms with Gasteiger partial charge in [-0.1, -0.05) is 36.4 Å². The Morgan fingerprint density at radius 3 is 2.52 bits per heavy atom. The fourth-order valence-electron chi connectivity index (χ4n) is 3.39. The van der Waals surface area contributed by atoms with E-state index in [1.807, 2.05) is 73.7 Å². The third kappa shape index (κ3) is 4.80. The van der Waals surface area contributed by atoms with E-state index in [-0.39, 0.29) is 11.9 Å². The van der Waals surface area contributed by atoms with Crippen molar-refractivity contribution in [2.45, 2.75) is 19.5 Å². The van der Waals surface area contributed by atoms with Crippen LogP contribution >= 0.6 is 0 Å². The van der Waals surface area contributed by atoms with Gasteiger partial charge in [0.1, 0.15) is 11.4 Å². The highest BCUT2D eigenvalue weighted by molar-refractivity contribution is 6.00. The first-order chi connectivity index (χ1) is 15.1. The summed E-state index contributed by atoms with van der Waals surface area (Å²) in [6.45, 7) is 2.52. The largest absolute Gasteiger partial charge is 0.497 e. The molecule has 0 aliphatic carbocycles. The predicted octanol–water partition coefficient (Wildman–Crippen LogP) is 4.49. The number of hydrogen-bond acceptors (Lipinski definition) is 4. The Hall–Kier alpha value is -3.93. The summed E-state index contributed by atoms with van der Waals surface area (Å²) in [5.41, 5.74) is 4.07. The molecule has 0 radical (unpaired) electrons. The van der Waals surface area contributed by atoms with Gasteiger partial charge in [0.25, 0.3) is 5.91 Å². The molecule has 31 heavy (non-hydrogen) atoms. The number of methoxy groups -OCH3 is 1. The van der Waals surface area contributed by atoms with Crippen LogP contribution in [0.3, 0.4) is 0 Å². The van der Waals surface area contributed by atoms with Gasteiger partial charge < -0.3 is 10.1 Å². The molecule has 1 unspecified atom stereocenters. The number of carbonyl (C=O) groups excluding carboxylic acids is 1. The molecular formula is C25H24N4O2. The molecule has 2 heterocycles. The predicted molar refractivity (Wildman–Crippen MR) is 120 cm³/mol. The summed E-state index contributed by atoms with van der Waals surface area (Å²) in [5, 5.41) is 7.80. The molecule has 1 amide bonds. The molecule has 156 valence electrons. The molecule has 1 atom stereocenters. The number of nitrogens with zero attached hydrogens (tertiary/aromatic N) is 3. The number of nitrogens with one attached hydrogen (secondary N) is 1. The number of hydrogen-bond donors (Lipinski definition) is 1. The Kier molecular flexibility index (Phi) is 6.08. The van der Waals surface area contributed by atoms with E-state index in [1.54, 1.807) is 30.4 Å². The van der Waals surface area contributed by atoms with Crippen molar-refractivity contribution >= 4 is 5.91 Å². The minimum absolute atomic E-state index is 0.178. The lowest BCUT2D eigenvalue weighted by Crippen LogP contribution is -2.26. The topological polar surface area (TPSA) is 69.0 Å². The highest BCUT2D eigenvalue weighted by atomic mass is 16.5. The second-order valence-corrected chi connectivity index (χ2v) is 7.28. The first kappa shape index (κ1) is 20.3. The number of benzene rings is 2. The molecular weight excluding hydrogens is 388 g/mol. The van der Waals surface area contributed by atoms with E-state index in [0.717, 1.165) is 22.4 Å². The molecule has 1 N–H and O–H groups in total. The van der Waals surface area contributed by atoms with Gasteiger partial charge in [0.2, 0.25) is 0 Å². The molecule has 0 aliphatic rings. The van der Waals surface area contributed by atoms with Crippen LogP contribution in [-0.2, 0) is 6.54 Å². The maximum atomic E-state index is 13.2. The molecule has 2 aromatic heterocycles. The molecule has 6 heteroatoms. The van der Waals surface area contributed by atoms with Crippen LogP contribution in [0.5, 0.6) is 5.75 Å². The van der Waals surface area contributed by atoms with Crippen LogP contribution in [0.15, 0.2) is 85.3 Å². The van der Waals surface area contributed by atoms with Gasteiger partial charge in [-0.25, -0.2) is 0 Å². The van der Waals surface area contributed by atoms with E-state index < -0.39 is 0 Å². The lowest BCUT2D eigenvalue weighted by Gasteiger charge is -2.13. The fraction of sp³-hybridized carbons (Fsp3) is 0.160. The van der Waals surface area contributed by atoms with Gasteiger partial charge in [0, 0.05) is 24.2 Å². The Morgan fingerprint density at radius 2 is 1.84 bits per heavy atom. The molecule has 4 aromatic rings. The summed E-state index contributed by atoms with van der Waals surface area (Å²) >= 11 is 0. The van der Waals surface area contributed by atoms with Gasteiger partial charge in [-0.2, -0.15) is 5.10 Å². The van der Waals surface area contributed by atoms with Crippen LogP contribution in [0.25, 0.3) is 11.3 Å². The van der Waals surface area contributed by atoms with Crippen molar-refractivity contribution in [3.05, 3.63) is 102 Å². The summed E-state index contributed by atoms with van der Waals surface area (Å²) in [6, 6.07) is 21.2.